The van der Waals surface area contributed by atoms with Crippen LogP contribution in [0.1, 0.15) is 55.9 Å². The molecule has 8 amide bonds. The molecule has 0 fully saturated rings. The minimum absolute atomic E-state index is 0.0786. The van der Waals surface area contributed by atoms with Crippen molar-refractivity contribution in [2.24, 2.45) is 0 Å². The molecule has 0 heterocycles. The maximum absolute atomic E-state index is 12.2. The predicted octanol–water partition coefficient (Wildman–Crippen LogP) is 9.90. The molecule has 0 radical (unpaired) electrons. The van der Waals surface area contributed by atoms with Gasteiger partial charge in [-0.05, 0) is 117 Å². The molecule has 83 heavy (non-hydrogen) atoms. The highest BCUT2D eigenvalue weighted by Crippen LogP contribution is 2.39. The number of anilines is 4. The van der Waals surface area contributed by atoms with Gasteiger partial charge in [0.25, 0.3) is 0 Å². The van der Waals surface area contributed by atoms with Gasteiger partial charge < -0.3 is 26.0 Å². The van der Waals surface area contributed by atoms with Crippen LogP contribution in [-0.2, 0) is 70.5 Å². The Hall–Kier alpha value is -7.81. The monoisotopic (exact) mass is 1230 g/mol. The number of hydrogen-bond acceptors (Lipinski definition) is 13. The highest BCUT2D eigenvalue weighted by molar-refractivity contribution is 7.91. The normalized spacial score (nSPS) is 12.6. The third-order valence-corrected chi connectivity index (χ3v) is 17.5. The zero-order chi connectivity index (χ0) is 60.5. The molecule has 26 heteroatoms. The van der Waals surface area contributed by atoms with Gasteiger partial charge in [0, 0.05) is 38.9 Å². The lowest BCUT2D eigenvalue weighted by molar-refractivity contribution is 0.163. The van der Waals surface area contributed by atoms with E-state index in [0.717, 1.165) is 82.8 Å². The molecule has 8 N–H and O–H groups in total. The van der Waals surface area contributed by atoms with Gasteiger partial charge in [0.05, 0.1) is 46.7 Å². The molecular formula is C57H65ClN8O13S4. The Morgan fingerprint density at radius 3 is 1.51 bits per heavy atom. The minimum Gasteiger partial charge on any atom is -0.381 e. The van der Waals surface area contributed by atoms with Crippen molar-refractivity contribution < 1.29 is 57.6 Å². The van der Waals surface area contributed by atoms with Gasteiger partial charge in [-0.3, -0.25) is 0 Å². The van der Waals surface area contributed by atoms with E-state index in [0.29, 0.717) is 28.7 Å². The first kappa shape index (κ1) is 64.4. The number of sulfonamides is 4. The van der Waals surface area contributed by atoms with Crippen LogP contribution in [0.2, 0.25) is 5.02 Å². The van der Waals surface area contributed by atoms with Gasteiger partial charge in [-0.2, -0.15) is 0 Å². The molecule has 442 valence electrons. The molecule has 2 aliphatic carbocycles. The van der Waals surface area contributed by atoms with E-state index in [1.54, 1.807) is 49.4 Å². The van der Waals surface area contributed by atoms with E-state index in [1.807, 2.05) is 93.0 Å². The number of benzene rings is 7. The third kappa shape index (κ3) is 19.1. The third-order valence-electron chi connectivity index (χ3n) is 12.6. The Labute approximate surface area is 488 Å². The Morgan fingerprint density at radius 2 is 1.00 bits per heavy atom. The van der Waals surface area contributed by atoms with Crippen LogP contribution in [0.25, 0.3) is 32.3 Å². The van der Waals surface area contributed by atoms with Crippen molar-refractivity contribution in [3.05, 3.63) is 167 Å². The highest BCUT2D eigenvalue weighted by atomic mass is 35.5. The van der Waals surface area contributed by atoms with E-state index in [2.05, 4.69) is 38.6 Å². The van der Waals surface area contributed by atoms with Crippen molar-refractivity contribution in [3.8, 4) is 0 Å². The van der Waals surface area contributed by atoms with Gasteiger partial charge in [0.2, 0.25) is 40.1 Å². The molecule has 2 aliphatic rings. The summed E-state index contributed by atoms with van der Waals surface area (Å²) in [6, 6.07) is 35.6. The number of urea groups is 4. The number of rotatable bonds is 15. The number of hydrogen-bond donors (Lipinski definition) is 8. The average Bonchev–Trinajstić information content (AvgIpc) is 4.05. The van der Waals surface area contributed by atoms with E-state index in [-0.39, 0.29) is 18.1 Å². The molecule has 0 spiro atoms. The summed E-state index contributed by atoms with van der Waals surface area (Å²) in [4.78, 5) is 47.2. The van der Waals surface area contributed by atoms with E-state index in [4.69, 9.17) is 16.3 Å². The van der Waals surface area contributed by atoms with Crippen LogP contribution in [0.3, 0.4) is 0 Å². The van der Waals surface area contributed by atoms with Crippen molar-refractivity contribution >= 4 is 131 Å². The van der Waals surface area contributed by atoms with Crippen molar-refractivity contribution in [2.75, 3.05) is 52.2 Å². The number of carbonyl (C=O) groups excluding carboxylic acids is 4. The lowest BCUT2D eigenvalue weighted by atomic mass is 9.99. The molecule has 0 atom stereocenters. The van der Waals surface area contributed by atoms with Crippen LogP contribution < -0.4 is 40.2 Å². The number of amides is 8. The summed E-state index contributed by atoms with van der Waals surface area (Å²) < 4.78 is 105. The topological polar surface area (TPSA) is 310 Å². The van der Waals surface area contributed by atoms with Crippen LogP contribution >= 0.6 is 11.6 Å². The molecule has 0 aromatic heterocycles. The molecule has 7 aromatic rings. The standard InChI is InChI=1S/C17H24N2O4S.C14H15ClN2O3S.C14H14N2O3S.C12H12N2O3S/c1-2-23-9-10-24(21,22)19-17(20)18-16-14-7-3-5-12(14)11-13-6-4-8-15(13)16;1-9(2)21(19,20)17-14(18)16-13-8-7-12(15)10-5-3-4-6-11(10)13;1-2-10-20(18,19)16-14(17)15-13-9-5-7-11-6-3-4-8-12(11)13;1-18(16,17)14-12(15)13-11-8-4-6-9-5-2-3-7-10(9)11/h11H,2-10H2,1H3,(H2,18,19,20);3-9H,1-2H3,(H2,16,17,18);2-9H,1,10H2,(H2,15,16,17);2-8H,1H3,(H2,13,14,15). The largest absolute Gasteiger partial charge is 0.381 e. The smallest absolute Gasteiger partial charge is 0.332 e. The quantitative estimate of drug-likeness (QED) is 0.0350. The van der Waals surface area contributed by atoms with E-state index in [1.165, 1.54) is 42.2 Å². The Bertz CT molecular complexity index is 3970. The first-order valence-corrected chi connectivity index (χ1v) is 33.1. The Kier molecular flexibility index (Phi) is 22.4. The lowest BCUT2D eigenvalue weighted by Gasteiger charge is -2.16. The minimum atomic E-state index is -3.69. The molecule has 0 saturated heterocycles. The molecule has 0 saturated carbocycles. The second kappa shape index (κ2) is 28.9. The summed E-state index contributed by atoms with van der Waals surface area (Å²) in [5, 5.41) is 15.4. The van der Waals surface area contributed by atoms with Gasteiger partial charge in [0.1, 0.15) is 0 Å². The summed E-state index contributed by atoms with van der Waals surface area (Å²) in [7, 11) is -14.6. The zero-order valence-corrected chi connectivity index (χ0v) is 49.9. The molecule has 0 aliphatic heterocycles. The summed E-state index contributed by atoms with van der Waals surface area (Å²) >= 11 is 6.09. The van der Waals surface area contributed by atoms with Gasteiger partial charge in [-0.25, -0.2) is 71.7 Å². The predicted molar refractivity (Wildman–Crippen MR) is 329 cm³/mol. The summed E-state index contributed by atoms with van der Waals surface area (Å²) in [5.41, 5.74) is 7.40. The van der Waals surface area contributed by atoms with E-state index in [9.17, 15) is 52.8 Å². The van der Waals surface area contributed by atoms with Crippen molar-refractivity contribution in [1.82, 2.24) is 18.9 Å². The SMILES string of the molecule is C=CCS(=O)(=O)NC(=O)Nc1cccc2ccccc12.CC(C)S(=O)(=O)NC(=O)Nc1ccc(Cl)c2ccccc12.CCOCCS(=O)(=O)NC(=O)Nc1c2c(cc3c1CCC3)CCC2.CS(=O)(=O)NC(=O)Nc1cccc2ccccc12. The van der Waals surface area contributed by atoms with Crippen molar-refractivity contribution in [3.63, 3.8) is 0 Å². The average molecular weight is 1230 g/mol. The Balaban J connectivity index is 0.000000179. The summed E-state index contributed by atoms with van der Waals surface area (Å²) in [5.74, 6) is -0.533. The number of fused-ring (bicyclic) bond motifs is 5. The van der Waals surface area contributed by atoms with Crippen LogP contribution in [0, 0.1) is 0 Å². The van der Waals surface area contributed by atoms with Crippen LogP contribution in [0.15, 0.2) is 140 Å². The molecular weight excluding hydrogens is 1170 g/mol. The Morgan fingerprint density at radius 1 is 0.554 bits per heavy atom. The first-order chi connectivity index (χ1) is 39.3. The molecule has 0 unspecified atom stereocenters. The number of aryl methyl sites for hydroxylation is 2. The van der Waals surface area contributed by atoms with Gasteiger partial charge in [-0.1, -0.05) is 121 Å². The van der Waals surface area contributed by atoms with E-state index < -0.39 is 69.5 Å². The number of nitrogens with one attached hydrogen (secondary N) is 8. The second-order valence-corrected chi connectivity index (χ2v) is 27.1. The maximum atomic E-state index is 12.2. The second-order valence-electron chi connectivity index (χ2n) is 19.1. The molecule has 0 bridgehead atoms. The lowest BCUT2D eigenvalue weighted by Crippen LogP contribution is -2.38. The van der Waals surface area contributed by atoms with Gasteiger partial charge in [0.15, 0.2) is 0 Å². The van der Waals surface area contributed by atoms with Crippen LogP contribution in [-0.4, -0.2) is 94.0 Å². The molecule has 21 nitrogen and oxygen atoms in total. The molecule has 7 aromatic carbocycles. The number of ether oxygens (including phenoxy) is 1. The fourth-order valence-electron chi connectivity index (χ4n) is 8.85. The summed E-state index contributed by atoms with van der Waals surface area (Å²) in [6.07, 6.45) is 8.26. The number of carbonyl (C=O) groups is 4. The summed E-state index contributed by atoms with van der Waals surface area (Å²) in [6.45, 7) is 8.64. The fraction of sp³-hybridized carbons (Fsp3) is 0.263. The van der Waals surface area contributed by atoms with Crippen molar-refractivity contribution in [1.29, 1.82) is 0 Å². The van der Waals surface area contributed by atoms with Crippen molar-refractivity contribution in [2.45, 2.75) is 64.5 Å². The maximum Gasteiger partial charge on any atom is 0.332 e. The van der Waals surface area contributed by atoms with Crippen LogP contribution in [0.4, 0.5) is 41.9 Å². The van der Waals surface area contributed by atoms with Gasteiger partial charge in [-0.15, -0.1) is 6.58 Å². The zero-order valence-electron chi connectivity index (χ0n) is 45.9. The first-order valence-electron chi connectivity index (χ1n) is 26.0. The number of halogens is 1. The fourth-order valence-corrected chi connectivity index (χ4v) is 11.5. The van der Waals surface area contributed by atoms with Gasteiger partial charge >= 0.3 is 24.1 Å². The van der Waals surface area contributed by atoms with Crippen LogP contribution in [0.5, 0.6) is 0 Å². The molecule has 9 rings (SSSR count). The highest BCUT2D eigenvalue weighted by Gasteiger charge is 2.26. The van der Waals surface area contributed by atoms with E-state index >= 15 is 0 Å².